The average molecular weight is 1610 g/mol. The SMILES string of the molecule is CC(=O)O.Cc1ccc2nc(N3CCN(C)CC3)c(/C=C3\SC(=S)N(CCCCCC(=O)O)C3=O)c(=O)n2c1.Cc1ccc2nc(N3CCN(C)CC3)c(/C=C3\SC(=S)N(CCCCCC(=O)O)C3=O)c(=O)n2c1.Cc1ccc2nc(N3CCN(C)CC3)c(/C=C3\SC(=S)N(CCCCCC(=O)O)C3=O)c(=O)n2c1. The van der Waals surface area contributed by atoms with E-state index in [1.165, 1.54) is 48.5 Å². The molecule has 582 valence electrons. The fraction of sp³-hybridized carbons (Fsp3) is 0.459. The van der Waals surface area contributed by atoms with Crippen molar-refractivity contribution in [2.45, 2.75) is 105 Å². The lowest BCUT2D eigenvalue weighted by molar-refractivity contribution is -0.138. The first-order valence-corrected chi connectivity index (χ1v) is 39.6. The van der Waals surface area contributed by atoms with Crippen LogP contribution in [0, 0.1) is 20.8 Å². The van der Waals surface area contributed by atoms with Crippen molar-refractivity contribution in [3.05, 3.63) is 134 Å². The Hall–Kier alpha value is -8.81. The largest absolute Gasteiger partial charge is 0.481 e. The van der Waals surface area contributed by atoms with Gasteiger partial charge in [0.25, 0.3) is 40.4 Å². The molecule has 6 aromatic rings. The van der Waals surface area contributed by atoms with Crippen molar-refractivity contribution in [2.75, 3.05) is 134 Å². The highest BCUT2D eigenvalue weighted by Crippen LogP contribution is 2.37. The van der Waals surface area contributed by atoms with E-state index in [9.17, 15) is 43.2 Å². The maximum absolute atomic E-state index is 13.6. The van der Waals surface area contributed by atoms with Crippen LogP contribution in [0.5, 0.6) is 0 Å². The van der Waals surface area contributed by atoms with Crippen LogP contribution in [0.1, 0.15) is 117 Å². The first-order chi connectivity index (χ1) is 52.0. The van der Waals surface area contributed by atoms with Crippen molar-refractivity contribution in [2.24, 2.45) is 0 Å². The highest BCUT2D eigenvalue weighted by atomic mass is 32.2. The molecule has 0 aromatic carbocycles. The normalized spacial score (nSPS) is 17.8. The van der Waals surface area contributed by atoms with Gasteiger partial charge in [0, 0.05) is 143 Å². The molecule has 0 radical (unpaired) electrons. The van der Waals surface area contributed by atoms with E-state index < -0.39 is 23.9 Å². The van der Waals surface area contributed by atoms with Gasteiger partial charge in [0.2, 0.25) is 0 Å². The third-order valence-electron chi connectivity index (χ3n) is 18.6. The van der Waals surface area contributed by atoms with Crippen LogP contribution in [0.25, 0.3) is 35.2 Å². The molecule has 6 aliphatic heterocycles. The van der Waals surface area contributed by atoms with Gasteiger partial charge in [-0.3, -0.25) is 75.8 Å². The number of rotatable bonds is 24. The minimum atomic E-state index is -0.833. The predicted octanol–water partition coefficient (Wildman–Crippen LogP) is 7.89. The quantitative estimate of drug-likeness (QED) is 0.0254. The zero-order chi connectivity index (χ0) is 78.9. The Bertz CT molecular complexity index is 4330. The third kappa shape index (κ3) is 22.5. The van der Waals surface area contributed by atoms with Crippen LogP contribution in [-0.2, 0) is 33.6 Å². The highest BCUT2D eigenvalue weighted by Gasteiger charge is 2.36. The molecule has 4 N–H and O–H groups in total. The molecule has 35 heteroatoms. The zero-order valence-electron chi connectivity index (χ0n) is 62.0. The van der Waals surface area contributed by atoms with Gasteiger partial charge in [-0.05, 0) is 134 Å². The molecule has 0 aliphatic carbocycles. The number of pyridine rings is 3. The molecule has 0 saturated carbocycles. The molecule has 6 aliphatic rings. The minimum absolute atomic E-state index is 0.117. The molecular weight excluding hydrogens is 1520 g/mol. The zero-order valence-corrected chi connectivity index (χ0v) is 66.9. The van der Waals surface area contributed by atoms with Crippen molar-refractivity contribution in [1.82, 2.24) is 57.6 Å². The van der Waals surface area contributed by atoms with Crippen LogP contribution in [0.2, 0.25) is 0 Å². The first-order valence-electron chi connectivity index (χ1n) is 36.0. The number of amides is 3. The molecule has 12 rings (SSSR count). The molecule has 6 aromatic heterocycles. The molecule has 0 bridgehead atoms. The molecule has 0 atom stereocenters. The number of carboxylic acids is 4. The van der Waals surface area contributed by atoms with E-state index in [0.717, 1.165) is 102 Å². The van der Waals surface area contributed by atoms with E-state index in [0.29, 0.717) is 156 Å². The lowest BCUT2D eigenvalue weighted by atomic mass is 10.2. The number of piperazine rings is 3. The van der Waals surface area contributed by atoms with Crippen molar-refractivity contribution in [1.29, 1.82) is 0 Å². The van der Waals surface area contributed by atoms with Crippen LogP contribution in [0.15, 0.2) is 84.1 Å². The van der Waals surface area contributed by atoms with Crippen LogP contribution >= 0.6 is 71.9 Å². The fourth-order valence-electron chi connectivity index (χ4n) is 12.5. The summed E-state index contributed by atoms with van der Waals surface area (Å²) in [6.45, 7) is 17.7. The van der Waals surface area contributed by atoms with Gasteiger partial charge in [-0.25, -0.2) is 15.0 Å². The lowest BCUT2D eigenvalue weighted by Crippen LogP contribution is -2.45. The number of aromatic nitrogens is 6. The van der Waals surface area contributed by atoms with E-state index in [-0.39, 0.29) is 53.7 Å². The average Bonchev–Trinajstić information content (AvgIpc) is 1.72. The number of nitrogens with zero attached hydrogens (tertiary/aromatic N) is 15. The second-order valence-corrected chi connectivity index (χ2v) is 32.3. The lowest BCUT2D eigenvalue weighted by Gasteiger charge is -2.34. The van der Waals surface area contributed by atoms with Gasteiger partial charge in [-0.1, -0.05) is 109 Å². The van der Waals surface area contributed by atoms with Gasteiger partial charge in [0.1, 0.15) is 47.4 Å². The summed E-state index contributed by atoms with van der Waals surface area (Å²) in [6, 6.07) is 11.3. The van der Waals surface area contributed by atoms with Gasteiger partial charge in [0.05, 0.1) is 31.4 Å². The van der Waals surface area contributed by atoms with Gasteiger partial charge in [0.15, 0.2) is 0 Å². The highest BCUT2D eigenvalue weighted by molar-refractivity contribution is 8.27. The summed E-state index contributed by atoms with van der Waals surface area (Å²) >= 11 is 19.9. The maximum Gasteiger partial charge on any atom is 0.303 e. The topological polar surface area (TPSA) is 333 Å². The maximum atomic E-state index is 13.6. The van der Waals surface area contributed by atoms with Crippen molar-refractivity contribution < 1.29 is 54.0 Å². The summed E-state index contributed by atoms with van der Waals surface area (Å²) in [6.07, 6.45) is 16.3. The summed E-state index contributed by atoms with van der Waals surface area (Å²) in [5.41, 5.74) is 5.04. The summed E-state index contributed by atoms with van der Waals surface area (Å²) < 4.78 is 5.94. The standard InChI is InChI=1S/3C24H29N5O4S2.C2H4O2/c3*1-16-7-8-19-25-21(27-12-10-26(2)11-13-27)17(22(32)29(19)15-16)14-18-23(33)28(24(34)35-18)9-5-3-4-6-20(30)31;1-2(3)4/h3*7-8,14-15H,3-6,9-13H2,1-2H3,(H,30,31);1H3,(H,3,4)/b3*18-14-;. The van der Waals surface area contributed by atoms with E-state index in [1.54, 1.807) is 51.5 Å². The van der Waals surface area contributed by atoms with E-state index in [1.807, 2.05) is 57.2 Å². The molecule has 3 amide bonds. The molecule has 6 fully saturated rings. The van der Waals surface area contributed by atoms with Gasteiger partial charge in [-0.15, -0.1) is 0 Å². The summed E-state index contributed by atoms with van der Waals surface area (Å²) in [4.78, 5) is 155. The minimum Gasteiger partial charge on any atom is -0.481 e. The van der Waals surface area contributed by atoms with E-state index >= 15 is 0 Å². The Balaban J connectivity index is 0.000000184. The number of thioether (sulfide) groups is 3. The number of likely N-dealkylation sites (N-methyl/N-ethyl adjacent to an activating group) is 3. The monoisotopic (exact) mass is 1610 g/mol. The van der Waals surface area contributed by atoms with Gasteiger partial charge in [-0.2, -0.15) is 0 Å². The van der Waals surface area contributed by atoms with Crippen molar-refractivity contribution in [3.8, 4) is 0 Å². The number of hydrogen-bond acceptors (Lipinski definition) is 25. The number of carboxylic acid groups (broad SMARTS) is 4. The molecule has 29 nitrogen and oxygen atoms in total. The van der Waals surface area contributed by atoms with E-state index in [2.05, 4.69) is 50.5 Å². The second-order valence-electron chi connectivity index (χ2n) is 27.3. The van der Waals surface area contributed by atoms with Gasteiger partial charge < -0.3 is 49.8 Å². The number of carbonyl (C=O) groups is 7. The smallest absolute Gasteiger partial charge is 0.303 e. The van der Waals surface area contributed by atoms with Gasteiger partial charge >= 0.3 is 17.9 Å². The van der Waals surface area contributed by atoms with Crippen LogP contribution < -0.4 is 31.4 Å². The number of anilines is 3. The van der Waals surface area contributed by atoms with Crippen LogP contribution in [-0.4, -0.2) is 252 Å². The van der Waals surface area contributed by atoms with Crippen LogP contribution in [0.4, 0.5) is 17.5 Å². The Kier molecular flexibility index (Phi) is 30.3. The molecule has 6 saturated heterocycles. The summed E-state index contributed by atoms with van der Waals surface area (Å²) in [5, 5.41) is 33.8. The summed E-state index contributed by atoms with van der Waals surface area (Å²) in [5.74, 6) is -2.20. The number of unbranched alkanes of at least 4 members (excludes halogenated alkanes) is 6. The molecule has 12 heterocycles. The number of hydrogen-bond donors (Lipinski definition) is 4. The van der Waals surface area contributed by atoms with Crippen LogP contribution in [0.3, 0.4) is 0 Å². The molecule has 0 spiro atoms. The number of aliphatic carboxylic acids is 4. The Morgan fingerprint density at radius 2 is 0.633 bits per heavy atom. The molecule has 0 unspecified atom stereocenters. The Morgan fingerprint density at radius 1 is 0.394 bits per heavy atom. The second kappa shape index (κ2) is 39.2. The predicted molar refractivity (Wildman–Crippen MR) is 439 cm³/mol. The Morgan fingerprint density at radius 3 is 0.862 bits per heavy atom. The first kappa shape index (κ1) is 84.2. The van der Waals surface area contributed by atoms with Crippen molar-refractivity contribution >= 4 is 179 Å². The fourth-order valence-corrected chi connectivity index (χ4v) is 16.4. The molecular formula is C74H91N15O14S6. The molecule has 109 heavy (non-hydrogen) atoms. The van der Waals surface area contributed by atoms with Crippen molar-refractivity contribution in [3.63, 3.8) is 0 Å². The van der Waals surface area contributed by atoms with E-state index in [4.69, 9.17) is 76.8 Å². The summed E-state index contributed by atoms with van der Waals surface area (Å²) in [7, 11) is 6.20. The third-order valence-corrected chi connectivity index (χ3v) is 22.8. The Labute approximate surface area is 659 Å². The number of aryl methyl sites for hydroxylation is 3. The number of thiocarbonyl (C=S) groups is 3. The number of fused-ring (bicyclic) bond motifs is 3. The number of carbonyl (C=O) groups excluding carboxylic acids is 3.